The van der Waals surface area contributed by atoms with Gasteiger partial charge < -0.3 is 4.74 Å². The summed E-state index contributed by atoms with van der Waals surface area (Å²) >= 11 is 0. The van der Waals surface area contributed by atoms with Gasteiger partial charge in [0.2, 0.25) is 16.0 Å². The summed E-state index contributed by atoms with van der Waals surface area (Å²) in [5, 5.41) is 0. The Morgan fingerprint density at radius 2 is 2.06 bits per heavy atom. The highest BCUT2D eigenvalue weighted by atomic mass is 32.2. The minimum absolute atomic E-state index is 0.0291. The molecule has 0 atom stereocenters. The highest BCUT2D eigenvalue weighted by Crippen LogP contribution is 2.12. The van der Waals surface area contributed by atoms with Gasteiger partial charge in [-0.15, -0.1) is 0 Å². The summed E-state index contributed by atoms with van der Waals surface area (Å²) in [6.07, 6.45) is 3.05. The number of methoxy groups -OCH3 is 1. The van der Waals surface area contributed by atoms with E-state index in [1.54, 1.807) is 7.11 Å². The van der Waals surface area contributed by atoms with E-state index in [0.29, 0.717) is 19.6 Å². The Bertz CT molecular complexity index is 462. The van der Waals surface area contributed by atoms with E-state index in [0.717, 1.165) is 0 Å². The lowest BCUT2D eigenvalue weighted by atomic mass is 10.5. The predicted octanol–water partition coefficient (Wildman–Crippen LogP) is -0.581. The molecule has 0 aliphatic heterocycles. The molecule has 0 radical (unpaired) electrons. The van der Waals surface area contributed by atoms with Gasteiger partial charge in [0.1, 0.15) is 4.90 Å². The number of hydrogen-bond acceptors (Lipinski definition) is 7. The van der Waals surface area contributed by atoms with Gasteiger partial charge in [0, 0.05) is 27.3 Å². The zero-order chi connectivity index (χ0) is 13.6. The lowest BCUT2D eigenvalue weighted by Crippen LogP contribution is -2.29. The first kappa shape index (κ1) is 14.8. The lowest BCUT2D eigenvalue weighted by Gasteiger charge is -2.16. The van der Waals surface area contributed by atoms with Gasteiger partial charge in [0.15, 0.2) is 0 Å². The van der Waals surface area contributed by atoms with Crippen LogP contribution in [0.5, 0.6) is 0 Å². The van der Waals surface area contributed by atoms with E-state index in [4.69, 9.17) is 10.6 Å². The second kappa shape index (κ2) is 6.59. The normalized spacial score (nSPS) is 11.8. The second-order valence-electron chi connectivity index (χ2n) is 3.56. The van der Waals surface area contributed by atoms with Crippen molar-refractivity contribution in [2.75, 3.05) is 32.7 Å². The molecule has 0 saturated carbocycles. The molecule has 1 aromatic rings. The molecule has 0 aromatic carbocycles. The molecule has 0 unspecified atom stereocenters. The number of aromatic nitrogens is 2. The molecular weight excluding hydrogens is 258 g/mol. The van der Waals surface area contributed by atoms with Crippen molar-refractivity contribution in [3.05, 3.63) is 12.4 Å². The SMILES string of the molecule is COCCCN(C)S(=O)(=O)c1cnc(NN)nc1. The molecule has 0 aliphatic rings. The monoisotopic (exact) mass is 275 g/mol. The van der Waals surface area contributed by atoms with Crippen LogP contribution in [0, 0.1) is 0 Å². The Kier molecular flexibility index (Phi) is 5.41. The van der Waals surface area contributed by atoms with Crippen LogP contribution in [0.1, 0.15) is 6.42 Å². The summed E-state index contributed by atoms with van der Waals surface area (Å²) in [6.45, 7) is 0.874. The molecule has 0 bridgehead atoms. The van der Waals surface area contributed by atoms with E-state index in [-0.39, 0.29) is 10.8 Å². The number of ether oxygens (including phenoxy) is 1. The number of sulfonamides is 1. The summed E-state index contributed by atoms with van der Waals surface area (Å²) in [5.74, 6) is 5.26. The standard InChI is InChI=1S/C9H17N5O3S/c1-14(4-3-5-17-2)18(15,16)8-6-11-9(13-10)12-7-8/h6-7H,3-5,10H2,1-2H3,(H,11,12,13). The van der Waals surface area contributed by atoms with Crippen molar-refractivity contribution in [1.82, 2.24) is 14.3 Å². The lowest BCUT2D eigenvalue weighted by molar-refractivity contribution is 0.189. The fourth-order valence-electron chi connectivity index (χ4n) is 1.26. The van der Waals surface area contributed by atoms with Crippen molar-refractivity contribution in [3.8, 4) is 0 Å². The van der Waals surface area contributed by atoms with Crippen LogP contribution in [-0.2, 0) is 14.8 Å². The molecule has 0 fully saturated rings. The maximum absolute atomic E-state index is 12.1. The summed E-state index contributed by atoms with van der Waals surface area (Å²) in [5.41, 5.74) is 2.23. The van der Waals surface area contributed by atoms with Gasteiger partial charge in [0.25, 0.3) is 0 Å². The van der Waals surface area contributed by atoms with E-state index >= 15 is 0 Å². The number of anilines is 1. The van der Waals surface area contributed by atoms with Gasteiger partial charge in [-0.2, -0.15) is 0 Å². The fraction of sp³-hybridized carbons (Fsp3) is 0.556. The van der Waals surface area contributed by atoms with Gasteiger partial charge in [-0.05, 0) is 6.42 Å². The Morgan fingerprint density at radius 3 is 2.56 bits per heavy atom. The molecule has 0 spiro atoms. The third-order valence-corrected chi connectivity index (χ3v) is 4.10. The van der Waals surface area contributed by atoms with Gasteiger partial charge in [-0.1, -0.05) is 0 Å². The Labute approximate surface area is 106 Å². The van der Waals surface area contributed by atoms with Crippen molar-refractivity contribution in [1.29, 1.82) is 0 Å². The van der Waals surface area contributed by atoms with E-state index in [1.165, 1.54) is 23.7 Å². The van der Waals surface area contributed by atoms with E-state index in [2.05, 4.69) is 15.4 Å². The summed E-state index contributed by atoms with van der Waals surface area (Å²) in [7, 11) is -0.490. The van der Waals surface area contributed by atoms with Crippen LogP contribution in [0.4, 0.5) is 5.95 Å². The maximum atomic E-state index is 12.1. The average Bonchev–Trinajstić information content (AvgIpc) is 2.39. The number of hydrogen-bond donors (Lipinski definition) is 2. The van der Waals surface area contributed by atoms with Gasteiger partial charge >= 0.3 is 0 Å². The van der Waals surface area contributed by atoms with Crippen LogP contribution in [0.25, 0.3) is 0 Å². The quantitative estimate of drug-likeness (QED) is 0.389. The van der Waals surface area contributed by atoms with Crippen molar-refractivity contribution >= 4 is 16.0 Å². The van der Waals surface area contributed by atoms with Gasteiger partial charge in [-0.25, -0.2) is 28.5 Å². The maximum Gasteiger partial charge on any atom is 0.245 e. The fourth-order valence-corrected chi connectivity index (χ4v) is 2.36. The molecule has 9 heteroatoms. The molecule has 1 aromatic heterocycles. The van der Waals surface area contributed by atoms with Crippen LogP contribution in [-0.4, -0.2) is 50.0 Å². The summed E-state index contributed by atoms with van der Waals surface area (Å²) < 4.78 is 30.3. The van der Waals surface area contributed by atoms with Crippen LogP contribution >= 0.6 is 0 Å². The van der Waals surface area contributed by atoms with Crippen LogP contribution in [0.3, 0.4) is 0 Å². The number of nitrogen functional groups attached to an aromatic ring is 1. The van der Waals surface area contributed by atoms with Crippen LogP contribution in [0.15, 0.2) is 17.3 Å². The van der Waals surface area contributed by atoms with Crippen LogP contribution < -0.4 is 11.3 Å². The smallest absolute Gasteiger partial charge is 0.245 e. The molecule has 0 saturated heterocycles. The van der Waals surface area contributed by atoms with Crippen molar-refractivity contribution in [3.63, 3.8) is 0 Å². The Hall–Kier alpha value is -1.29. The van der Waals surface area contributed by atoms with E-state index < -0.39 is 10.0 Å². The van der Waals surface area contributed by atoms with Crippen molar-refractivity contribution in [2.24, 2.45) is 5.84 Å². The number of nitrogens with zero attached hydrogens (tertiary/aromatic N) is 3. The molecule has 8 nitrogen and oxygen atoms in total. The number of nitrogens with two attached hydrogens (primary N) is 1. The highest BCUT2D eigenvalue weighted by molar-refractivity contribution is 7.89. The molecule has 1 heterocycles. The summed E-state index contributed by atoms with van der Waals surface area (Å²) in [6, 6.07) is 0. The molecule has 0 amide bonds. The third-order valence-electron chi connectivity index (χ3n) is 2.29. The molecular formula is C9H17N5O3S. The molecule has 18 heavy (non-hydrogen) atoms. The molecule has 3 N–H and O–H groups in total. The third kappa shape index (κ3) is 3.60. The summed E-state index contributed by atoms with van der Waals surface area (Å²) in [4.78, 5) is 7.56. The minimum Gasteiger partial charge on any atom is -0.385 e. The largest absolute Gasteiger partial charge is 0.385 e. The number of hydrazine groups is 1. The van der Waals surface area contributed by atoms with Crippen molar-refractivity contribution in [2.45, 2.75) is 11.3 Å². The highest BCUT2D eigenvalue weighted by Gasteiger charge is 2.21. The topological polar surface area (TPSA) is 110 Å². The Balaban J connectivity index is 2.77. The average molecular weight is 275 g/mol. The first-order chi connectivity index (χ1) is 8.52. The molecule has 102 valence electrons. The number of rotatable bonds is 7. The van der Waals surface area contributed by atoms with Crippen molar-refractivity contribution < 1.29 is 13.2 Å². The Morgan fingerprint density at radius 1 is 1.44 bits per heavy atom. The number of nitrogens with one attached hydrogen (secondary N) is 1. The van der Waals surface area contributed by atoms with Gasteiger partial charge in [-0.3, -0.25) is 5.43 Å². The van der Waals surface area contributed by atoms with E-state index in [9.17, 15) is 8.42 Å². The first-order valence-electron chi connectivity index (χ1n) is 5.26. The van der Waals surface area contributed by atoms with E-state index in [1.807, 2.05) is 0 Å². The predicted molar refractivity (Wildman–Crippen MR) is 66.2 cm³/mol. The zero-order valence-electron chi connectivity index (χ0n) is 10.3. The zero-order valence-corrected chi connectivity index (χ0v) is 11.1. The van der Waals surface area contributed by atoms with Crippen LogP contribution in [0.2, 0.25) is 0 Å². The first-order valence-corrected chi connectivity index (χ1v) is 6.70. The second-order valence-corrected chi connectivity index (χ2v) is 5.60. The molecule has 0 aliphatic carbocycles. The van der Waals surface area contributed by atoms with Gasteiger partial charge in [0.05, 0.1) is 12.4 Å². The minimum atomic E-state index is -3.56. The molecule has 1 rings (SSSR count).